The monoisotopic (exact) mass is 282 g/mol. The van der Waals surface area contributed by atoms with Crippen molar-refractivity contribution >= 4 is 11.9 Å². The van der Waals surface area contributed by atoms with Crippen molar-refractivity contribution in [3.05, 3.63) is 0 Å². The molecule has 5 heteroatoms. The summed E-state index contributed by atoms with van der Waals surface area (Å²) in [5.41, 5.74) is -0.440. The number of likely N-dealkylation sites (tertiary alicyclic amines) is 2. The minimum atomic E-state index is -0.440. The van der Waals surface area contributed by atoms with Crippen molar-refractivity contribution in [2.45, 2.75) is 58.1 Å². The van der Waals surface area contributed by atoms with E-state index in [4.69, 9.17) is 4.74 Å². The van der Waals surface area contributed by atoms with Crippen LogP contribution in [-0.2, 0) is 9.53 Å². The van der Waals surface area contributed by atoms with Crippen LogP contribution >= 0.6 is 0 Å². The number of Topliss-reactive ketones (excluding diaryl/α,β-unsaturated/α-hetero) is 1. The quantitative estimate of drug-likeness (QED) is 0.738. The van der Waals surface area contributed by atoms with Crippen molar-refractivity contribution < 1.29 is 14.3 Å². The Kier molecular flexibility index (Phi) is 4.68. The fourth-order valence-electron chi connectivity index (χ4n) is 2.88. The van der Waals surface area contributed by atoms with Gasteiger partial charge in [0.05, 0.1) is 0 Å². The molecule has 2 aliphatic heterocycles. The average Bonchev–Trinajstić information content (AvgIpc) is 2.72. The number of hydrogen-bond acceptors (Lipinski definition) is 4. The van der Waals surface area contributed by atoms with Crippen LogP contribution in [0, 0.1) is 0 Å². The third kappa shape index (κ3) is 4.20. The highest BCUT2D eigenvalue weighted by Crippen LogP contribution is 2.21. The van der Waals surface area contributed by atoms with Crippen LogP contribution in [0.3, 0.4) is 0 Å². The van der Waals surface area contributed by atoms with Gasteiger partial charge < -0.3 is 9.64 Å². The van der Waals surface area contributed by atoms with E-state index in [9.17, 15) is 9.59 Å². The molecule has 2 aliphatic rings. The Hall–Kier alpha value is -1.10. The number of carbonyl (C=O) groups is 2. The molecule has 5 nitrogen and oxygen atoms in total. The molecule has 2 fully saturated rings. The van der Waals surface area contributed by atoms with E-state index in [0.717, 1.165) is 39.0 Å². The molecule has 0 N–H and O–H groups in total. The van der Waals surface area contributed by atoms with Gasteiger partial charge in [0, 0.05) is 38.5 Å². The zero-order chi connectivity index (χ0) is 14.8. The number of nitrogens with zero attached hydrogens (tertiary/aromatic N) is 2. The van der Waals surface area contributed by atoms with E-state index in [-0.39, 0.29) is 6.09 Å². The fraction of sp³-hybridized carbons (Fsp3) is 0.867. The van der Waals surface area contributed by atoms with E-state index < -0.39 is 5.60 Å². The number of ketones is 1. The summed E-state index contributed by atoms with van der Waals surface area (Å²) in [6.45, 7) is 8.95. The van der Waals surface area contributed by atoms with Gasteiger partial charge in [-0.2, -0.15) is 0 Å². The van der Waals surface area contributed by atoms with Gasteiger partial charge in [0.2, 0.25) is 0 Å². The smallest absolute Gasteiger partial charge is 0.410 e. The minimum Gasteiger partial charge on any atom is -0.444 e. The van der Waals surface area contributed by atoms with Gasteiger partial charge in [0.25, 0.3) is 0 Å². The summed E-state index contributed by atoms with van der Waals surface area (Å²) in [5.74, 6) is 0.370. The molecule has 0 aromatic heterocycles. The first-order valence-electron chi connectivity index (χ1n) is 7.59. The molecule has 0 bridgehead atoms. The lowest BCUT2D eigenvalue weighted by Crippen LogP contribution is -2.41. The fourth-order valence-corrected chi connectivity index (χ4v) is 2.88. The highest BCUT2D eigenvalue weighted by atomic mass is 16.6. The molecule has 1 atom stereocenters. The first-order valence-corrected chi connectivity index (χ1v) is 7.59. The van der Waals surface area contributed by atoms with Gasteiger partial charge in [0.1, 0.15) is 11.4 Å². The molecule has 0 spiro atoms. The van der Waals surface area contributed by atoms with Crippen LogP contribution in [0.25, 0.3) is 0 Å². The Morgan fingerprint density at radius 3 is 2.65 bits per heavy atom. The molecule has 114 valence electrons. The first-order chi connectivity index (χ1) is 9.35. The van der Waals surface area contributed by atoms with Crippen LogP contribution < -0.4 is 0 Å². The third-order valence-electron chi connectivity index (χ3n) is 3.91. The van der Waals surface area contributed by atoms with Crippen molar-refractivity contribution in [1.82, 2.24) is 9.80 Å². The van der Waals surface area contributed by atoms with E-state index >= 15 is 0 Å². The Morgan fingerprint density at radius 1 is 1.20 bits per heavy atom. The zero-order valence-corrected chi connectivity index (χ0v) is 12.9. The molecule has 0 aromatic rings. The average molecular weight is 282 g/mol. The predicted octanol–water partition coefficient (Wildman–Crippen LogP) is 2.05. The lowest BCUT2D eigenvalue weighted by Gasteiger charge is -2.28. The summed E-state index contributed by atoms with van der Waals surface area (Å²) < 4.78 is 5.41. The molecule has 1 unspecified atom stereocenters. The van der Waals surface area contributed by atoms with Crippen LogP contribution in [0.5, 0.6) is 0 Å². The summed E-state index contributed by atoms with van der Waals surface area (Å²) in [7, 11) is 0. The molecule has 2 saturated heterocycles. The molecule has 0 aliphatic carbocycles. The Balaban J connectivity index is 1.85. The van der Waals surface area contributed by atoms with Crippen molar-refractivity contribution in [3.63, 3.8) is 0 Å². The molecule has 0 radical (unpaired) electrons. The Labute approximate surface area is 121 Å². The van der Waals surface area contributed by atoms with Gasteiger partial charge in [-0.3, -0.25) is 9.69 Å². The summed E-state index contributed by atoms with van der Waals surface area (Å²) >= 11 is 0. The first kappa shape index (κ1) is 15.3. The van der Waals surface area contributed by atoms with Gasteiger partial charge in [-0.25, -0.2) is 4.79 Å². The lowest BCUT2D eigenvalue weighted by molar-refractivity contribution is -0.118. The number of hydrogen-bond donors (Lipinski definition) is 0. The maximum Gasteiger partial charge on any atom is 0.410 e. The lowest BCUT2D eigenvalue weighted by atomic mass is 10.2. The standard InChI is InChI=1S/C15H26N2O3/c1-15(2,3)20-14(19)17-9-6-12(11-17)16-8-4-5-13(18)7-10-16/h12H,4-11H2,1-3H3. The molecule has 0 saturated carbocycles. The summed E-state index contributed by atoms with van der Waals surface area (Å²) in [5, 5.41) is 0. The normalized spacial score (nSPS) is 25.6. The molecule has 0 aromatic carbocycles. The molecular weight excluding hydrogens is 256 g/mol. The van der Waals surface area contributed by atoms with E-state index in [0.29, 0.717) is 24.7 Å². The van der Waals surface area contributed by atoms with Crippen LogP contribution in [0.2, 0.25) is 0 Å². The molecule has 2 rings (SSSR count). The predicted molar refractivity (Wildman–Crippen MR) is 76.6 cm³/mol. The van der Waals surface area contributed by atoms with Gasteiger partial charge in [-0.1, -0.05) is 0 Å². The second-order valence-electron chi connectivity index (χ2n) is 6.80. The van der Waals surface area contributed by atoms with Gasteiger partial charge in [0.15, 0.2) is 0 Å². The largest absolute Gasteiger partial charge is 0.444 e. The van der Waals surface area contributed by atoms with Crippen molar-refractivity contribution in [2.75, 3.05) is 26.2 Å². The van der Waals surface area contributed by atoms with Crippen LogP contribution in [0.15, 0.2) is 0 Å². The number of ether oxygens (including phenoxy) is 1. The van der Waals surface area contributed by atoms with E-state index in [1.807, 2.05) is 20.8 Å². The summed E-state index contributed by atoms with van der Waals surface area (Å²) in [4.78, 5) is 27.7. The van der Waals surface area contributed by atoms with Crippen molar-refractivity contribution in [3.8, 4) is 0 Å². The van der Waals surface area contributed by atoms with Gasteiger partial charge in [-0.05, 0) is 40.2 Å². The number of amides is 1. The van der Waals surface area contributed by atoms with Crippen molar-refractivity contribution in [2.24, 2.45) is 0 Å². The second-order valence-corrected chi connectivity index (χ2v) is 6.80. The topological polar surface area (TPSA) is 49.9 Å². The van der Waals surface area contributed by atoms with E-state index in [1.54, 1.807) is 4.90 Å². The minimum absolute atomic E-state index is 0.217. The number of carbonyl (C=O) groups excluding carboxylic acids is 2. The highest BCUT2D eigenvalue weighted by molar-refractivity contribution is 5.78. The Bertz CT molecular complexity index is 376. The third-order valence-corrected chi connectivity index (χ3v) is 3.91. The Morgan fingerprint density at radius 2 is 1.95 bits per heavy atom. The SMILES string of the molecule is CC(C)(C)OC(=O)N1CCC(N2CCCC(=O)CC2)C1. The van der Waals surface area contributed by atoms with E-state index in [2.05, 4.69) is 4.90 Å². The maximum absolute atomic E-state index is 12.0. The molecule has 1 amide bonds. The number of rotatable bonds is 1. The zero-order valence-electron chi connectivity index (χ0n) is 12.9. The maximum atomic E-state index is 12.0. The summed E-state index contributed by atoms with van der Waals surface area (Å²) in [6, 6.07) is 0.383. The van der Waals surface area contributed by atoms with Gasteiger partial charge >= 0.3 is 6.09 Å². The van der Waals surface area contributed by atoms with Gasteiger partial charge in [-0.15, -0.1) is 0 Å². The van der Waals surface area contributed by atoms with Crippen molar-refractivity contribution in [1.29, 1.82) is 0 Å². The molecule has 2 heterocycles. The summed E-state index contributed by atoms with van der Waals surface area (Å²) in [6.07, 6.45) is 3.07. The molecule has 20 heavy (non-hydrogen) atoms. The van der Waals surface area contributed by atoms with E-state index in [1.165, 1.54) is 0 Å². The van der Waals surface area contributed by atoms with Crippen LogP contribution in [0.4, 0.5) is 4.79 Å². The second kappa shape index (κ2) is 6.12. The molecular formula is C15H26N2O3. The van der Waals surface area contributed by atoms with Crippen LogP contribution in [-0.4, -0.2) is 59.5 Å². The van der Waals surface area contributed by atoms with Crippen LogP contribution in [0.1, 0.15) is 46.5 Å². The highest BCUT2D eigenvalue weighted by Gasteiger charge is 2.33.